The fraction of sp³-hybridized carbons (Fsp3) is 0.360. The van der Waals surface area contributed by atoms with Crippen molar-refractivity contribution in [3.05, 3.63) is 80.2 Å². The van der Waals surface area contributed by atoms with Crippen molar-refractivity contribution in [2.45, 2.75) is 33.4 Å². The van der Waals surface area contributed by atoms with E-state index >= 15 is 0 Å². The van der Waals surface area contributed by atoms with E-state index in [4.69, 9.17) is 0 Å². The summed E-state index contributed by atoms with van der Waals surface area (Å²) in [6.45, 7) is 6.63. The molecule has 34 heavy (non-hydrogen) atoms. The van der Waals surface area contributed by atoms with Crippen LogP contribution in [-0.4, -0.2) is 56.8 Å². The molecule has 3 aromatic rings. The van der Waals surface area contributed by atoms with Crippen LogP contribution in [0.1, 0.15) is 36.7 Å². The van der Waals surface area contributed by atoms with Gasteiger partial charge < -0.3 is 9.80 Å². The monoisotopic (exact) mass is 466 g/mol. The Morgan fingerprint density at radius 3 is 2.56 bits per heavy atom. The molecule has 8 nitrogen and oxygen atoms in total. The van der Waals surface area contributed by atoms with Crippen LogP contribution in [0.2, 0.25) is 0 Å². The lowest BCUT2D eigenvalue weighted by molar-refractivity contribution is -0.138. The first-order chi connectivity index (χ1) is 16.2. The number of carbonyl (C=O) groups excluding carboxylic acids is 2. The Hall–Kier alpha value is -3.75. The summed E-state index contributed by atoms with van der Waals surface area (Å²) in [7, 11) is 0. The predicted molar refractivity (Wildman–Crippen MR) is 126 cm³/mol. The molecule has 1 unspecified atom stereocenters. The van der Waals surface area contributed by atoms with E-state index in [9.17, 15) is 23.6 Å². The van der Waals surface area contributed by atoms with Gasteiger partial charge in [-0.3, -0.25) is 23.9 Å². The van der Waals surface area contributed by atoms with Crippen molar-refractivity contribution in [2.75, 3.05) is 19.6 Å². The average Bonchev–Trinajstić information content (AvgIpc) is 2.81. The summed E-state index contributed by atoms with van der Waals surface area (Å²) in [6, 6.07) is 10.7. The number of carbonyl (C=O) groups is 2. The van der Waals surface area contributed by atoms with E-state index < -0.39 is 23.0 Å². The zero-order valence-corrected chi connectivity index (χ0v) is 19.4. The number of benzene rings is 2. The highest BCUT2D eigenvalue weighted by molar-refractivity contribution is 5.95. The van der Waals surface area contributed by atoms with Crippen LogP contribution in [0.5, 0.6) is 0 Å². The van der Waals surface area contributed by atoms with Crippen LogP contribution < -0.4 is 11.2 Å². The second kappa shape index (κ2) is 9.24. The Morgan fingerprint density at radius 2 is 1.85 bits per heavy atom. The quantitative estimate of drug-likeness (QED) is 0.638. The zero-order valence-electron chi connectivity index (χ0n) is 19.4. The number of piperazine rings is 1. The van der Waals surface area contributed by atoms with Gasteiger partial charge in [-0.1, -0.05) is 32.0 Å². The predicted octanol–water partition coefficient (Wildman–Crippen LogP) is 2.21. The number of nitrogens with zero attached hydrogens (tertiary/aromatic N) is 3. The van der Waals surface area contributed by atoms with Crippen LogP contribution in [0.15, 0.2) is 52.1 Å². The van der Waals surface area contributed by atoms with Crippen LogP contribution >= 0.6 is 0 Å². The summed E-state index contributed by atoms with van der Waals surface area (Å²) in [5.74, 6) is -1.21. The van der Waals surface area contributed by atoms with Crippen LogP contribution in [0.25, 0.3) is 10.9 Å². The minimum Gasteiger partial charge on any atom is -0.336 e. The molecule has 2 amide bonds. The number of hydrogen-bond acceptors (Lipinski definition) is 4. The largest absolute Gasteiger partial charge is 0.336 e. The van der Waals surface area contributed by atoms with Gasteiger partial charge in [0.25, 0.3) is 11.5 Å². The standard InChI is InChI=1S/C25H27FN4O4/c1-15(2)23(32)29-11-10-28(13-16(29)3)24(33)19-12-17(8-9-20(19)26)14-30-21-7-5-4-6-18(21)22(31)27-25(30)34/h4-9,12,15-16H,10-11,13-14H2,1-3H3,(H,27,31,34). The van der Waals surface area contributed by atoms with Gasteiger partial charge in [0.15, 0.2) is 0 Å². The lowest BCUT2D eigenvalue weighted by Gasteiger charge is -2.40. The second-order valence-corrected chi connectivity index (χ2v) is 8.96. The normalized spacial score (nSPS) is 16.3. The third-order valence-corrected chi connectivity index (χ3v) is 6.20. The maximum Gasteiger partial charge on any atom is 0.329 e. The summed E-state index contributed by atoms with van der Waals surface area (Å²) in [5, 5.41) is 0.364. The van der Waals surface area contributed by atoms with Crippen molar-refractivity contribution in [3.8, 4) is 0 Å². The summed E-state index contributed by atoms with van der Waals surface area (Å²) >= 11 is 0. The van der Waals surface area contributed by atoms with Crippen LogP contribution in [0, 0.1) is 11.7 Å². The van der Waals surface area contributed by atoms with Crippen LogP contribution in [0.4, 0.5) is 4.39 Å². The fourth-order valence-electron chi connectivity index (χ4n) is 4.39. The molecule has 1 aliphatic rings. The van der Waals surface area contributed by atoms with Crippen LogP contribution in [0.3, 0.4) is 0 Å². The highest BCUT2D eigenvalue weighted by atomic mass is 19.1. The van der Waals surface area contributed by atoms with Gasteiger partial charge in [-0.15, -0.1) is 0 Å². The molecule has 2 heterocycles. The van der Waals surface area contributed by atoms with Gasteiger partial charge >= 0.3 is 5.69 Å². The molecule has 178 valence electrons. The lowest BCUT2D eigenvalue weighted by Crippen LogP contribution is -2.56. The molecular formula is C25H27FN4O4. The van der Waals surface area contributed by atoms with Gasteiger partial charge in [-0.25, -0.2) is 9.18 Å². The van der Waals surface area contributed by atoms with E-state index in [0.717, 1.165) is 0 Å². The molecule has 1 atom stereocenters. The van der Waals surface area contributed by atoms with E-state index in [1.165, 1.54) is 22.8 Å². The molecule has 1 N–H and O–H groups in total. The Kier molecular flexibility index (Phi) is 6.37. The first-order valence-electron chi connectivity index (χ1n) is 11.3. The minimum absolute atomic E-state index is 0.0337. The van der Waals surface area contributed by atoms with E-state index in [2.05, 4.69) is 4.98 Å². The maximum atomic E-state index is 14.7. The van der Waals surface area contributed by atoms with Gasteiger partial charge in [0, 0.05) is 31.6 Å². The van der Waals surface area contributed by atoms with Crippen LogP contribution in [-0.2, 0) is 11.3 Å². The molecule has 0 saturated carbocycles. The van der Waals surface area contributed by atoms with Gasteiger partial charge in [-0.2, -0.15) is 0 Å². The molecule has 9 heteroatoms. The van der Waals surface area contributed by atoms with E-state index in [-0.39, 0.29) is 30.0 Å². The summed E-state index contributed by atoms with van der Waals surface area (Å²) < 4.78 is 16.1. The number of para-hydroxylation sites is 1. The third-order valence-electron chi connectivity index (χ3n) is 6.20. The van der Waals surface area contributed by atoms with Gasteiger partial charge in [0.2, 0.25) is 5.91 Å². The number of H-pyrrole nitrogens is 1. The van der Waals surface area contributed by atoms with Gasteiger partial charge in [0.05, 0.1) is 23.0 Å². The Labute approximate surface area is 195 Å². The average molecular weight is 467 g/mol. The summed E-state index contributed by atoms with van der Waals surface area (Å²) in [4.78, 5) is 55.8. The fourth-order valence-corrected chi connectivity index (χ4v) is 4.39. The first-order valence-corrected chi connectivity index (χ1v) is 11.3. The number of aromatic nitrogens is 2. The molecule has 1 aromatic heterocycles. The molecule has 1 saturated heterocycles. The van der Waals surface area contributed by atoms with Gasteiger partial charge in [-0.05, 0) is 36.8 Å². The number of halogens is 1. The smallest absolute Gasteiger partial charge is 0.329 e. The number of hydrogen-bond donors (Lipinski definition) is 1. The molecule has 2 aromatic carbocycles. The SMILES string of the molecule is CC(C)C(=O)N1CCN(C(=O)c2cc(Cn3c(=O)[nH]c(=O)c4ccccc43)ccc2F)CC1C. The number of fused-ring (bicyclic) bond motifs is 1. The van der Waals surface area contributed by atoms with Crippen molar-refractivity contribution in [1.29, 1.82) is 0 Å². The highest BCUT2D eigenvalue weighted by Crippen LogP contribution is 2.19. The van der Waals surface area contributed by atoms with Gasteiger partial charge in [0.1, 0.15) is 5.82 Å². The molecule has 0 bridgehead atoms. The topological polar surface area (TPSA) is 95.5 Å². The second-order valence-electron chi connectivity index (χ2n) is 8.96. The molecule has 0 aliphatic carbocycles. The highest BCUT2D eigenvalue weighted by Gasteiger charge is 2.32. The number of aromatic amines is 1. The molecule has 0 spiro atoms. The Morgan fingerprint density at radius 1 is 1.12 bits per heavy atom. The Bertz CT molecular complexity index is 1380. The number of amides is 2. The number of nitrogens with one attached hydrogen (secondary N) is 1. The minimum atomic E-state index is -0.652. The van der Waals surface area contributed by atoms with Crippen molar-refractivity contribution >= 4 is 22.7 Å². The number of rotatable bonds is 4. The zero-order chi connectivity index (χ0) is 24.6. The van der Waals surface area contributed by atoms with Crippen molar-refractivity contribution < 1.29 is 14.0 Å². The van der Waals surface area contributed by atoms with Crippen molar-refractivity contribution in [2.24, 2.45) is 5.92 Å². The molecule has 0 radical (unpaired) electrons. The Balaban J connectivity index is 1.60. The molecule has 4 rings (SSSR count). The van der Waals surface area contributed by atoms with E-state index in [1.807, 2.05) is 20.8 Å². The molecular weight excluding hydrogens is 439 g/mol. The lowest BCUT2D eigenvalue weighted by atomic mass is 10.1. The molecule has 1 fully saturated rings. The van der Waals surface area contributed by atoms with E-state index in [0.29, 0.717) is 36.1 Å². The summed E-state index contributed by atoms with van der Waals surface area (Å²) in [5.41, 5.74) is -0.147. The van der Waals surface area contributed by atoms with E-state index in [1.54, 1.807) is 34.1 Å². The third kappa shape index (κ3) is 4.37. The van der Waals surface area contributed by atoms with Crippen molar-refractivity contribution in [1.82, 2.24) is 19.4 Å². The summed E-state index contributed by atoms with van der Waals surface area (Å²) in [6.07, 6.45) is 0. The first kappa shape index (κ1) is 23.4. The van der Waals surface area contributed by atoms with Crippen molar-refractivity contribution in [3.63, 3.8) is 0 Å². The maximum absolute atomic E-state index is 14.7. The molecule has 1 aliphatic heterocycles.